The van der Waals surface area contributed by atoms with Gasteiger partial charge in [0.1, 0.15) is 42.0 Å². The second-order valence-electron chi connectivity index (χ2n) is 15.5. The molecule has 284 valence electrons. The summed E-state index contributed by atoms with van der Waals surface area (Å²) in [7, 11) is 0. The van der Waals surface area contributed by atoms with E-state index in [4.69, 9.17) is 19.3 Å². The minimum atomic E-state index is -0.315. The molecule has 54 heavy (non-hydrogen) atoms. The maximum atomic E-state index is 13.7. The summed E-state index contributed by atoms with van der Waals surface area (Å²) < 4.78 is 21.6. The number of likely N-dealkylation sites (tertiary alicyclic amines) is 1. The largest absolute Gasteiger partial charge is 0.492 e. The predicted octanol–water partition coefficient (Wildman–Crippen LogP) is 7.13. The van der Waals surface area contributed by atoms with Crippen LogP contribution in [0.15, 0.2) is 72.9 Å². The van der Waals surface area contributed by atoms with Crippen molar-refractivity contribution in [2.45, 2.75) is 89.9 Å². The van der Waals surface area contributed by atoms with Gasteiger partial charge in [-0.15, -0.1) is 10.2 Å². The van der Waals surface area contributed by atoms with Crippen molar-refractivity contribution in [3.05, 3.63) is 95.6 Å². The molecule has 2 aromatic carbocycles. The summed E-state index contributed by atoms with van der Waals surface area (Å²) in [5.74, 6) is 3.13. The number of piperidine rings is 1. The van der Waals surface area contributed by atoms with Crippen molar-refractivity contribution in [3.63, 3.8) is 0 Å². The van der Waals surface area contributed by atoms with Crippen LogP contribution in [0.5, 0.6) is 11.5 Å². The second-order valence-corrected chi connectivity index (χ2v) is 15.5. The number of amides is 2. The van der Waals surface area contributed by atoms with Gasteiger partial charge >= 0.3 is 6.03 Å². The smallest absolute Gasteiger partial charge is 0.320 e. The number of anilines is 1. The molecule has 0 unspecified atom stereocenters. The molecule has 0 radical (unpaired) electrons. The van der Waals surface area contributed by atoms with Crippen LogP contribution in [0.3, 0.4) is 0 Å². The molecule has 2 amide bonds. The van der Waals surface area contributed by atoms with Crippen LogP contribution in [0.2, 0.25) is 0 Å². The van der Waals surface area contributed by atoms with Crippen LogP contribution >= 0.6 is 0 Å². The SMILES string of the molecule is CC(C)c1nnc2ccc(O[C@@H]3CC[C@H](NC(=O)Nc4cc(C(C)(C)C)nn4-c4cccc(OCCN5CCC(OC=O)CC5)c4)c4ccccc43)cn12. The van der Waals surface area contributed by atoms with Gasteiger partial charge in [-0.2, -0.15) is 5.10 Å². The number of fused-ring (bicyclic) bond motifs is 2. The van der Waals surface area contributed by atoms with E-state index in [1.54, 1.807) is 4.68 Å². The van der Waals surface area contributed by atoms with E-state index in [0.29, 0.717) is 31.1 Å². The number of carbonyl (C=O) groups is 2. The molecule has 0 saturated carbocycles. The molecule has 0 spiro atoms. The summed E-state index contributed by atoms with van der Waals surface area (Å²) in [6.45, 7) is 14.1. The Hall–Kier alpha value is -5.43. The highest BCUT2D eigenvalue weighted by molar-refractivity contribution is 5.89. The van der Waals surface area contributed by atoms with Crippen molar-refractivity contribution in [2.24, 2.45) is 0 Å². The van der Waals surface area contributed by atoms with Crippen molar-refractivity contribution in [3.8, 4) is 17.2 Å². The first-order chi connectivity index (χ1) is 26.1. The Morgan fingerprint density at radius 1 is 0.944 bits per heavy atom. The van der Waals surface area contributed by atoms with Crippen LogP contribution in [0.4, 0.5) is 10.6 Å². The van der Waals surface area contributed by atoms with Crippen LogP contribution in [0.1, 0.15) is 101 Å². The zero-order valence-corrected chi connectivity index (χ0v) is 31.7. The summed E-state index contributed by atoms with van der Waals surface area (Å²) >= 11 is 0. The number of aromatic nitrogens is 5. The molecule has 1 aliphatic heterocycles. The lowest BCUT2D eigenvalue weighted by Crippen LogP contribution is -2.39. The van der Waals surface area contributed by atoms with E-state index in [1.165, 1.54) is 0 Å². The third-order valence-corrected chi connectivity index (χ3v) is 10.2. The molecule has 2 atom stereocenters. The molecule has 13 nitrogen and oxygen atoms in total. The van der Waals surface area contributed by atoms with E-state index in [1.807, 2.05) is 65.2 Å². The number of hydrogen-bond acceptors (Lipinski definition) is 9. The van der Waals surface area contributed by atoms with Crippen LogP contribution in [-0.2, 0) is 14.9 Å². The van der Waals surface area contributed by atoms with Gasteiger partial charge in [0.2, 0.25) is 0 Å². The maximum absolute atomic E-state index is 13.7. The number of hydrogen-bond donors (Lipinski definition) is 2. The summed E-state index contributed by atoms with van der Waals surface area (Å²) in [6.07, 6.45) is 4.89. The lowest BCUT2D eigenvalue weighted by atomic mass is 9.85. The fraction of sp³-hybridized carbons (Fsp3) is 0.439. The summed E-state index contributed by atoms with van der Waals surface area (Å²) in [6, 6.07) is 21.2. The lowest BCUT2D eigenvalue weighted by molar-refractivity contribution is -0.135. The molecule has 1 saturated heterocycles. The van der Waals surface area contributed by atoms with Crippen molar-refractivity contribution in [1.82, 2.24) is 34.6 Å². The van der Waals surface area contributed by atoms with E-state index in [2.05, 4.69) is 72.5 Å². The van der Waals surface area contributed by atoms with Crippen molar-refractivity contribution in [1.29, 1.82) is 0 Å². The number of benzene rings is 2. The van der Waals surface area contributed by atoms with Crippen molar-refractivity contribution >= 4 is 24.0 Å². The van der Waals surface area contributed by atoms with Crippen LogP contribution in [-0.4, -0.2) is 74.1 Å². The Balaban J connectivity index is 1.02. The van der Waals surface area contributed by atoms with Gasteiger partial charge in [-0.05, 0) is 61.1 Å². The average molecular weight is 735 g/mol. The van der Waals surface area contributed by atoms with Gasteiger partial charge in [-0.25, -0.2) is 9.48 Å². The third-order valence-electron chi connectivity index (χ3n) is 10.2. The Morgan fingerprint density at radius 3 is 2.50 bits per heavy atom. The van der Waals surface area contributed by atoms with Gasteiger partial charge in [-0.1, -0.05) is 65.0 Å². The van der Waals surface area contributed by atoms with Gasteiger partial charge < -0.3 is 19.5 Å². The molecular weight excluding hydrogens is 685 g/mol. The monoisotopic (exact) mass is 734 g/mol. The number of pyridine rings is 1. The van der Waals surface area contributed by atoms with E-state index < -0.39 is 0 Å². The zero-order chi connectivity index (χ0) is 37.8. The van der Waals surface area contributed by atoms with Gasteiger partial charge in [0.25, 0.3) is 6.47 Å². The fourth-order valence-corrected chi connectivity index (χ4v) is 7.23. The number of urea groups is 1. The predicted molar refractivity (Wildman–Crippen MR) is 205 cm³/mol. The summed E-state index contributed by atoms with van der Waals surface area (Å²) in [4.78, 5) is 26.7. The Labute approximate surface area is 316 Å². The molecule has 2 N–H and O–H groups in total. The van der Waals surface area contributed by atoms with E-state index in [-0.39, 0.29) is 35.6 Å². The Bertz CT molecular complexity index is 2080. The van der Waals surface area contributed by atoms with Gasteiger partial charge in [-0.3, -0.25) is 19.4 Å². The quantitative estimate of drug-likeness (QED) is 0.128. The highest BCUT2D eigenvalue weighted by Crippen LogP contribution is 2.39. The van der Waals surface area contributed by atoms with Crippen LogP contribution in [0.25, 0.3) is 11.3 Å². The third kappa shape index (κ3) is 8.36. The molecule has 4 heterocycles. The fourth-order valence-electron chi connectivity index (χ4n) is 7.23. The molecule has 13 heteroatoms. The van der Waals surface area contributed by atoms with Crippen LogP contribution < -0.4 is 20.1 Å². The first-order valence-electron chi connectivity index (χ1n) is 18.9. The van der Waals surface area contributed by atoms with Crippen LogP contribution in [0, 0.1) is 0 Å². The van der Waals surface area contributed by atoms with Gasteiger partial charge in [0, 0.05) is 43.1 Å². The average Bonchev–Trinajstić information content (AvgIpc) is 3.78. The molecule has 3 aromatic heterocycles. The molecule has 1 aliphatic carbocycles. The zero-order valence-electron chi connectivity index (χ0n) is 31.7. The second kappa shape index (κ2) is 15.9. The number of carbonyl (C=O) groups excluding carboxylic acids is 2. The molecule has 0 bridgehead atoms. The molecule has 7 rings (SSSR count). The number of rotatable bonds is 12. The first-order valence-corrected chi connectivity index (χ1v) is 18.9. The molecule has 1 fully saturated rings. The van der Waals surface area contributed by atoms with E-state index in [9.17, 15) is 9.59 Å². The number of ether oxygens (including phenoxy) is 3. The molecule has 5 aromatic rings. The summed E-state index contributed by atoms with van der Waals surface area (Å²) in [5, 5.41) is 19.9. The first kappa shape index (κ1) is 36.9. The molecular formula is C41H50N8O5. The van der Waals surface area contributed by atoms with E-state index >= 15 is 0 Å². The standard InChI is InChI=1S/C41H50N8O5/c1-27(2)39-45-44-37-16-13-31(25-48(37)39)54-35-15-14-34(32-11-6-7-12-33(32)35)42-40(51)43-38-24-36(41(3,4)5)46-49(38)28-9-8-10-30(23-28)52-22-21-47-19-17-29(18-20-47)53-26-50/h6-13,16,23-27,29,34-35H,14-15,17-22H2,1-5H3,(H2,42,43,51)/t34-,35+/m0/s1. The summed E-state index contributed by atoms with van der Waals surface area (Å²) in [5.41, 5.74) is 4.25. The van der Waals surface area contributed by atoms with E-state index in [0.717, 1.165) is 78.6 Å². The Kier molecular flexibility index (Phi) is 10.9. The maximum Gasteiger partial charge on any atom is 0.320 e. The lowest BCUT2D eigenvalue weighted by Gasteiger charge is -2.32. The topological polar surface area (TPSA) is 137 Å². The minimum Gasteiger partial charge on any atom is -0.492 e. The van der Waals surface area contributed by atoms with Crippen molar-refractivity contribution < 1.29 is 23.8 Å². The minimum absolute atomic E-state index is 0.00534. The Morgan fingerprint density at radius 2 is 1.74 bits per heavy atom. The van der Waals surface area contributed by atoms with Gasteiger partial charge in [0.05, 0.1) is 23.6 Å². The van der Waals surface area contributed by atoms with Gasteiger partial charge in [0.15, 0.2) is 5.65 Å². The molecule has 2 aliphatic rings. The highest BCUT2D eigenvalue weighted by Gasteiger charge is 2.30. The normalized spacial score (nSPS) is 18.0. The van der Waals surface area contributed by atoms with Crippen molar-refractivity contribution in [2.75, 3.05) is 31.6 Å². The number of nitrogens with one attached hydrogen (secondary N) is 2. The number of nitrogens with zero attached hydrogens (tertiary/aromatic N) is 6. The highest BCUT2D eigenvalue weighted by atomic mass is 16.5.